The van der Waals surface area contributed by atoms with E-state index in [0.717, 1.165) is 19.0 Å². The molecule has 1 aromatic rings. The Hall–Kier alpha value is -1.36. The van der Waals surface area contributed by atoms with Gasteiger partial charge in [0.1, 0.15) is 0 Å². The summed E-state index contributed by atoms with van der Waals surface area (Å²) in [6.07, 6.45) is 4.20. The number of anilines is 1. The Morgan fingerprint density at radius 2 is 2.44 bits per heavy atom. The van der Waals surface area contributed by atoms with Gasteiger partial charge in [0.2, 0.25) is 11.8 Å². The third-order valence-electron chi connectivity index (χ3n) is 3.19. The van der Waals surface area contributed by atoms with Gasteiger partial charge in [0.25, 0.3) is 0 Å². The van der Waals surface area contributed by atoms with Gasteiger partial charge < -0.3 is 15.4 Å². The minimum Gasteiger partial charge on any atom is -0.478 e. The van der Waals surface area contributed by atoms with Crippen molar-refractivity contribution in [3.8, 4) is 5.88 Å². The van der Waals surface area contributed by atoms with Crippen LogP contribution >= 0.6 is 0 Å². The first-order valence-electron chi connectivity index (χ1n) is 6.71. The monoisotopic (exact) mass is 250 g/mol. The van der Waals surface area contributed by atoms with Crippen LogP contribution in [0.3, 0.4) is 0 Å². The quantitative estimate of drug-likeness (QED) is 0.832. The van der Waals surface area contributed by atoms with E-state index in [2.05, 4.69) is 27.5 Å². The molecule has 0 spiro atoms. The Bertz CT molecular complexity index is 372. The standard InChI is InChI=1S/C13H22N4O/c1-3-18-12-5-7-15-13(17-12)16-9-11-8-10(2)4-6-14-11/h5,7,10-11,14H,3-4,6,8-9H2,1-2H3,(H,15,16,17)/t10-,11+/m1/s1. The number of ether oxygens (including phenoxy) is 1. The SMILES string of the molecule is CCOc1ccnc(NC[C@@H]2C[C@H](C)CCN2)n1. The highest BCUT2D eigenvalue weighted by Gasteiger charge is 2.17. The van der Waals surface area contributed by atoms with Gasteiger partial charge in [-0.25, -0.2) is 4.98 Å². The van der Waals surface area contributed by atoms with Crippen molar-refractivity contribution >= 4 is 5.95 Å². The summed E-state index contributed by atoms with van der Waals surface area (Å²) in [6.45, 7) is 6.84. The minimum absolute atomic E-state index is 0.507. The smallest absolute Gasteiger partial charge is 0.225 e. The van der Waals surface area contributed by atoms with E-state index in [1.54, 1.807) is 12.3 Å². The van der Waals surface area contributed by atoms with E-state index in [-0.39, 0.29) is 0 Å². The maximum Gasteiger partial charge on any atom is 0.225 e. The minimum atomic E-state index is 0.507. The molecule has 0 aliphatic carbocycles. The second-order valence-electron chi connectivity index (χ2n) is 4.81. The zero-order chi connectivity index (χ0) is 12.8. The van der Waals surface area contributed by atoms with Crippen LogP contribution in [0, 0.1) is 5.92 Å². The maximum atomic E-state index is 5.35. The lowest BCUT2D eigenvalue weighted by molar-refractivity contribution is 0.324. The Morgan fingerprint density at radius 3 is 3.22 bits per heavy atom. The number of nitrogens with one attached hydrogen (secondary N) is 2. The summed E-state index contributed by atoms with van der Waals surface area (Å²) in [4.78, 5) is 8.49. The second kappa shape index (κ2) is 6.54. The first-order valence-corrected chi connectivity index (χ1v) is 6.71. The van der Waals surface area contributed by atoms with Crippen LogP contribution in [0.15, 0.2) is 12.3 Å². The summed E-state index contributed by atoms with van der Waals surface area (Å²) in [5, 5.41) is 6.78. The summed E-state index contributed by atoms with van der Waals surface area (Å²) >= 11 is 0. The molecule has 0 saturated carbocycles. The maximum absolute atomic E-state index is 5.35. The van der Waals surface area contributed by atoms with Crippen molar-refractivity contribution in [2.24, 2.45) is 5.92 Å². The number of nitrogens with zero attached hydrogens (tertiary/aromatic N) is 2. The number of hydrogen-bond donors (Lipinski definition) is 2. The van der Waals surface area contributed by atoms with E-state index in [9.17, 15) is 0 Å². The first kappa shape index (κ1) is 13.1. The molecular weight excluding hydrogens is 228 g/mol. The predicted molar refractivity (Wildman–Crippen MR) is 71.9 cm³/mol. The van der Waals surface area contributed by atoms with Crippen molar-refractivity contribution in [2.45, 2.75) is 32.7 Å². The average Bonchev–Trinajstić information content (AvgIpc) is 2.37. The van der Waals surface area contributed by atoms with E-state index in [1.165, 1.54) is 12.8 Å². The van der Waals surface area contributed by atoms with Gasteiger partial charge in [0, 0.05) is 24.8 Å². The fraction of sp³-hybridized carbons (Fsp3) is 0.692. The lowest BCUT2D eigenvalue weighted by Crippen LogP contribution is -2.42. The fourth-order valence-corrected chi connectivity index (χ4v) is 2.25. The first-order chi connectivity index (χ1) is 8.78. The Kier molecular flexibility index (Phi) is 4.75. The topological polar surface area (TPSA) is 59.1 Å². The molecule has 0 unspecified atom stereocenters. The van der Waals surface area contributed by atoms with E-state index in [0.29, 0.717) is 24.5 Å². The number of rotatable bonds is 5. The average molecular weight is 250 g/mol. The molecule has 0 aromatic carbocycles. The Labute approximate surface area is 108 Å². The molecule has 0 radical (unpaired) electrons. The summed E-state index contributed by atoms with van der Waals surface area (Å²) < 4.78 is 5.35. The van der Waals surface area contributed by atoms with Gasteiger partial charge in [-0.15, -0.1) is 0 Å². The molecule has 5 heteroatoms. The zero-order valence-electron chi connectivity index (χ0n) is 11.1. The highest BCUT2D eigenvalue weighted by atomic mass is 16.5. The van der Waals surface area contributed by atoms with Gasteiger partial charge in [-0.3, -0.25) is 0 Å². The predicted octanol–water partition coefficient (Wildman–Crippen LogP) is 1.68. The second-order valence-corrected chi connectivity index (χ2v) is 4.81. The summed E-state index contributed by atoms with van der Waals surface area (Å²) in [5.41, 5.74) is 0. The molecule has 0 bridgehead atoms. The summed E-state index contributed by atoms with van der Waals surface area (Å²) in [7, 11) is 0. The van der Waals surface area contributed by atoms with E-state index in [1.807, 2.05) is 6.92 Å². The van der Waals surface area contributed by atoms with Gasteiger partial charge in [-0.1, -0.05) is 6.92 Å². The van der Waals surface area contributed by atoms with Gasteiger partial charge in [-0.05, 0) is 32.2 Å². The Morgan fingerprint density at radius 1 is 1.56 bits per heavy atom. The van der Waals surface area contributed by atoms with Crippen LogP contribution < -0.4 is 15.4 Å². The Balaban J connectivity index is 1.83. The number of aromatic nitrogens is 2. The molecule has 1 aliphatic heterocycles. The molecule has 18 heavy (non-hydrogen) atoms. The molecule has 2 N–H and O–H groups in total. The molecular formula is C13H22N4O. The van der Waals surface area contributed by atoms with Crippen LogP contribution in [-0.4, -0.2) is 35.7 Å². The van der Waals surface area contributed by atoms with Crippen molar-refractivity contribution in [2.75, 3.05) is 25.0 Å². The molecule has 0 amide bonds. The number of hydrogen-bond acceptors (Lipinski definition) is 5. The van der Waals surface area contributed by atoms with E-state index >= 15 is 0 Å². The van der Waals surface area contributed by atoms with Crippen molar-refractivity contribution in [3.05, 3.63) is 12.3 Å². The van der Waals surface area contributed by atoms with Gasteiger partial charge in [0.15, 0.2) is 0 Å². The molecule has 1 fully saturated rings. The van der Waals surface area contributed by atoms with Gasteiger partial charge in [0.05, 0.1) is 6.61 Å². The van der Waals surface area contributed by atoms with Crippen LogP contribution in [-0.2, 0) is 0 Å². The molecule has 2 heterocycles. The third kappa shape index (κ3) is 3.84. The zero-order valence-corrected chi connectivity index (χ0v) is 11.1. The molecule has 100 valence electrons. The van der Waals surface area contributed by atoms with Crippen molar-refractivity contribution in [1.82, 2.24) is 15.3 Å². The molecule has 1 aromatic heterocycles. The van der Waals surface area contributed by atoms with E-state index < -0.39 is 0 Å². The molecule has 1 saturated heterocycles. The molecule has 2 rings (SSSR count). The highest BCUT2D eigenvalue weighted by molar-refractivity contribution is 5.27. The lowest BCUT2D eigenvalue weighted by Gasteiger charge is -2.28. The van der Waals surface area contributed by atoms with Crippen LogP contribution in [0.5, 0.6) is 5.88 Å². The molecule has 2 atom stereocenters. The summed E-state index contributed by atoms with van der Waals surface area (Å²) in [5.74, 6) is 2.06. The van der Waals surface area contributed by atoms with Crippen molar-refractivity contribution in [1.29, 1.82) is 0 Å². The number of piperidine rings is 1. The third-order valence-corrected chi connectivity index (χ3v) is 3.19. The fourth-order valence-electron chi connectivity index (χ4n) is 2.25. The molecule has 5 nitrogen and oxygen atoms in total. The van der Waals surface area contributed by atoms with Gasteiger partial charge in [-0.2, -0.15) is 4.98 Å². The largest absolute Gasteiger partial charge is 0.478 e. The molecule has 1 aliphatic rings. The van der Waals surface area contributed by atoms with Crippen LogP contribution in [0.2, 0.25) is 0 Å². The van der Waals surface area contributed by atoms with E-state index in [4.69, 9.17) is 4.74 Å². The highest BCUT2D eigenvalue weighted by Crippen LogP contribution is 2.15. The van der Waals surface area contributed by atoms with Gasteiger partial charge >= 0.3 is 0 Å². The van der Waals surface area contributed by atoms with Crippen molar-refractivity contribution < 1.29 is 4.74 Å². The van der Waals surface area contributed by atoms with Crippen LogP contribution in [0.1, 0.15) is 26.7 Å². The lowest BCUT2D eigenvalue weighted by atomic mass is 9.94. The van der Waals surface area contributed by atoms with Crippen LogP contribution in [0.25, 0.3) is 0 Å². The van der Waals surface area contributed by atoms with Crippen molar-refractivity contribution in [3.63, 3.8) is 0 Å². The summed E-state index contributed by atoms with van der Waals surface area (Å²) in [6, 6.07) is 2.28. The van der Waals surface area contributed by atoms with Crippen LogP contribution in [0.4, 0.5) is 5.95 Å². The normalized spacial score (nSPS) is 23.7.